The highest BCUT2D eigenvalue weighted by atomic mass is 19.2. The van der Waals surface area contributed by atoms with Gasteiger partial charge in [0.05, 0.1) is 20.6 Å². The highest BCUT2D eigenvalue weighted by molar-refractivity contribution is 5.85. The van der Waals surface area contributed by atoms with E-state index in [2.05, 4.69) is 24.3 Å². The molecule has 0 aromatic heterocycles. The number of halogens is 2. The minimum absolute atomic E-state index is 0.157. The van der Waals surface area contributed by atoms with Crippen molar-refractivity contribution >= 4 is 12.0 Å². The van der Waals surface area contributed by atoms with E-state index < -0.39 is 23.7 Å². The molecule has 0 radical (unpaired) electrons. The van der Waals surface area contributed by atoms with Gasteiger partial charge in [-0.1, -0.05) is 24.3 Å². The molecule has 1 aliphatic rings. The van der Waals surface area contributed by atoms with Gasteiger partial charge in [0.25, 0.3) is 0 Å². The largest absolute Gasteiger partial charge is 0.487 e. The molecule has 0 saturated carbocycles. The average molecular weight is 447 g/mol. The van der Waals surface area contributed by atoms with Gasteiger partial charge < -0.3 is 19.4 Å². The molecule has 0 spiro atoms. The van der Waals surface area contributed by atoms with Crippen molar-refractivity contribution in [2.75, 3.05) is 33.8 Å². The van der Waals surface area contributed by atoms with Gasteiger partial charge in [0, 0.05) is 12.5 Å². The van der Waals surface area contributed by atoms with E-state index in [1.165, 1.54) is 17.2 Å². The number of rotatable bonds is 10. The van der Waals surface area contributed by atoms with Crippen LogP contribution in [0.2, 0.25) is 0 Å². The Morgan fingerprint density at radius 1 is 1.22 bits per heavy atom. The lowest BCUT2D eigenvalue weighted by molar-refractivity contribution is -0.894. The number of carbonyl (C=O) groups is 1. The molecule has 0 unspecified atom stereocenters. The lowest BCUT2D eigenvalue weighted by Gasteiger charge is -2.32. The Labute approximate surface area is 187 Å². The summed E-state index contributed by atoms with van der Waals surface area (Å²) in [5.74, 6) is -3.27. The van der Waals surface area contributed by atoms with Crippen LogP contribution in [0.15, 0.2) is 42.5 Å². The molecule has 2 aromatic carbocycles. The van der Waals surface area contributed by atoms with Crippen molar-refractivity contribution in [1.82, 2.24) is 0 Å². The Hall–Kier alpha value is -2.77. The molecule has 2 aromatic rings. The minimum Gasteiger partial charge on any atom is -0.487 e. The van der Waals surface area contributed by atoms with Crippen LogP contribution < -0.4 is 4.74 Å². The fourth-order valence-corrected chi connectivity index (χ4v) is 4.24. The fourth-order valence-electron chi connectivity index (χ4n) is 4.24. The predicted octanol–water partition coefficient (Wildman–Crippen LogP) is 3.68. The van der Waals surface area contributed by atoms with Gasteiger partial charge in [0.15, 0.2) is 11.6 Å². The van der Waals surface area contributed by atoms with Crippen molar-refractivity contribution in [1.29, 1.82) is 0 Å². The van der Waals surface area contributed by atoms with E-state index in [0.717, 1.165) is 44.0 Å². The predicted molar refractivity (Wildman–Crippen MR) is 118 cm³/mol. The maximum Gasteiger partial charge on any atom is 0.328 e. The Morgan fingerprint density at radius 3 is 2.50 bits per heavy atom. The quantitative estimate of drug-likeness (QED) is 0.432. The summed E-state index contributed by atoms with van der Waals surface area (Å²) in [7, 11) is 4.06. The van der Waals surface area contributed by atoms with Crippen molar-refractivity contribution in [3.05, 3.63) is 70.8 Å². The number of likely N-dealkylation sites (N-methyl/N-ethyl adjacent to an activating group) is 1. The van der Waals surface area contributed by atoms with Crippen molar-refractivity contribution in [3.63, 3.8) is 0 Å². The van der Waals surface area contributed by atoms with Crippen molar-refractivity contribution in [3.8, 4) is 5.75 Å². The molecule has 0 aliphatic heterocycles. The summed E-state index contributed by atoms with van der Waals surface area (Å²) in [4.78, 5) is 10.6. The molecule has 5 nitrogen and oxygen atoms in total. The lowest BCUT2D eigenvalue weighted by Crippen LogP contribution is -2.48. The van der Waals surface area contributed by atoms with Gasteiger partial charge in [-0.15, -0.1) is 0 Å². The SMILES string of the molecule is C[N+](C)(CCC1Cc2ccccc2C1)C[C@@H](O)COc1cc(/C=C/C(=O)O)cc(F)c1F. The molecule has 0 amide bonds. The number of aliphatic hydroxyl groups is 1. The third-order valence-electron chi connectivity index (χ3n) is 5.85. The molecular formula is C25H30F2NO4+. The van der Waals surface area contributed by atoms with Crippen molar-refractivity contribution < 1.29 is 33.0 Å². The Morgan fingerprint density at radius 2 is 1.88 bits per heavy atom. The summed E-state index contributed by atoms with van der Waals surface area (Å²) in [5.41, 5.74) is 3.00. The summed E-state index contributed by atoms with van der Waals surface area (Å²) in [5, 5.41) is 19.1. The summed E-state index contributed by atoms with van der Waals surface area (Å²) >= 11 is 0. The van der Waals surface area contributed by atoms with E-state index in [4.69, 9.17) is 9.84 Å². The monoisotopic (exact) mass is 446 g/mol. The number of quaternary nitrogens is 1. The summed E-state index contributed by atoms with van der Waals surface area (Å²) in [6.07, 6.45) is 4.31. The average Bonchev–Trinajstić information content (AvgIpc) is 3.15. The van der Waals surface area contributed by atoms with Gasteiger partial charge in [-0.3, -0.25) is 0 Å². The maximum atomic E-state index is 14.0. The Balaban J connectivity index is 1.50. The fraction of sp³-hybridized carbons (Fsp3) is 0.400. The number of fused-ring (bicyclic) bond motifs is 1. The minimum atomic E-state index is -1.20. The number of benzene rings is 2. The van der Waals surface area contributed by atoms with Gasteiger partial charge in [-0.25, -0.2) is 9.18 Å². The smallest absolute Gasteiger partial charge is 0.328 e. The molecule has 2 N–H and O–H groups in total. The van der Waals surface area contributed by atoms with E-state index in [9.17, 15) is 18.7 Å². The molecule has 0 saturated heterocycles. The highest BCUT2D eigenvalue weighted by Crippen LogP contribution is 2.29. The molecule has 1 atom stereocenters. The first kappa shape index (κ1) is 23.9. The molecule has 0 bridgehead atoms. The van der Waals surface area contributed by atoms with Crippen molar-refractivity contribution in [2.24, 2.45) is 5.92 Å². The molecule has 1 aliphatic carbocycles. The molecule has 172 valence electrons. The van der Waals surface area contributed by atoms with Crippen LogP contribution in [0, 0.1) is 17.6 Å². The van der Waals surface area contributed by atoms with Gasteiger partial charge in [0.2, 0.25) is 5.82 Å². The molecule has 0 fully saturated rings. The number of ether oxygens (including phenoxy) is 1. The second-order valence-corrected chi connectivity index (χ2v) is 9.12. The van der Waals surface area contributed by atoms with E-state index in [1.807, 2.05) is 14.1 Å². The lowest BCUT2D eigenvalue weighted by atomic mass is 10.0. The second-order valence-electron chi connectivity index (χ2n) is 9.12. The van der Waals surface area contributed by atoms with Crippen molar-refractivity contribution in [2.45, 2.75) is 25.4 Å². The number of carboxylic acids is 1. The van der Waals surface area contributed by atoms with Crippen LogP contribution in [0.5, 0.6) is 5.75 Å². The summed E-state index contributed by atoms with van der Waals surface area (Å²) < 4.78 is 33.8. The molecule has 32 heavy (non-hydrogen) atoms. The Bertz CT molecular complexity index is 965. The van der Waals surface area contributed by atoms with E-state index in [0.29, 0.717) is 16.9 Å². The molecular weight excluding hydrogens is 416 g/mol. The number of aliphatic hydroxyl groups excluding tert-OH is 1. The van der Waals surface area contributed by atoms with Gasteiger partial charge in [-0.05, 0) is 53.7 Å². The first-order valence-electron chi connectivity index (χ1n) is 10.7. The maximum absolute atomic E-state index is 14.0. The van der Waals surface area contributed by atoms with E-state index in [-0.39, 0.29) is 17.9 Å². The topological polar surface area (TPSA) is 66.8 Å². The number of hydrogen-bond donors (Lipinski definition) is 2. The number of aliphatic carboxylic acids is 1. The van der Waals surface area contributed by atoms with Crippen LogP contribution in [0.4, 0.5) is 8.78 Å². The van der Waals surface area contributed by atoms with Crippen LogP contribution >= 0.6 is 0 Å². The van der Waals surface area contributed by atoms with Crippen LogP contribution in [0.1, 0.15) is 23.1 Å². The van der Waals surface area contributed by atoms with E-state index >= 15 is 0 Å². The Kier molecular flexibility index (Phi) is 7.64. The zero-order valence-electron chi connectivity index (χ0n) is 18.4. The van der Waals surface area contributed by atoms with Gasteiger partial charge in [-0.2, -0.15) is 4.39 Å². The first-order chi connectivity index (χ1) is 15.1. The van der Waals surface area contributed by atoms with Gasteiger partial charge >= 0.3 is 5.97 Å². The van der Waals surface area contributed by atoms with Crippen LogP contribution in [0.3, 0.4) is 0 Å². The third-order valence-corrected chi connectivity index (χ3v) is 5.85. The third kappa shape index (κ3) is 6.61. The normalized spacial score (nSPS) is 15.2. The molecule has 3 rings (SSSR count). The number of hydrogen-bond acceptors (Lipinski definition) is 3. The standard InChI is InChI=1S/C25H29F2NO4/c1-28(2,10-9-18-11-19-5-3-4-6-20(19)12-18)15-21(29)16-32-23-14-17(7-8-24(30)31)13-22(26)25(23)27/h3-8,13-14,18,21,29H,9-12,15-16H2,1-2H3/p+1/b8-7+/t21-/m1/s1. The summed E-state index contributed by atoms with van der Waals surface area (Å²) in [6.45, 7) is 1.09. The zero-order chi connectivity index (χ0) is 23.3. The highest BCUT2D eigenvalue weighted by Gasteiger charge is 2.26. The van der Waals surface area contributed by atoms with Crippen LogP contribution in [-0.4, -0.2) is 60.6 Å². The van der Waals surface area contributed by atoms with Gasteiger partial charge in [0.1, 0.15) is 19.3 Å². The zero-order valence-corrected chi connectivity index (χ0v) is 18.4. The first-order valence-corrected chi connectivity index (χ1v) is 10.7. The molecule has 7 heteroatoms. The van der Waals surface area contributed by atoms with Crippen LogP contribution in [0.25, 0.3) is 6.08 Å². The number of carboxylic acid groups (broad SMARTS) is 1. The van der Waals surface area contributed by atoms with E-state index in [1.54, 1.807) is 0 Å². The van der Waals surface area contributed by atoms with Crippen LogP contribution in [-0.2, 0) is 17.6 Å². The summed E-state index contributed by atoms with van der Waals surface area (Å²) in [6, 6.07) is 10.6. The molecule has 0 heterocycles. The number of nitrogens with zero attached hydrogens (tertiary/aromatic N) is 1. The second kappa shape index (κ2) is 10.2.